The molecule has 0 saturated carbocycles. The molecule has 5 nitrogen and oxygen atoms in total. The molecule has 0 amide bonds. The van der Waals surface area contributed by atoms with Crippen molar-refractivity contribution in [1.82, 2.24) is 14.8 Å². The summed E-state index contributed by atoms with van der Waals surface area (Å²) in [5.41, 5.74) is 1.94. The van der Waals surface area contributed by atoms with Gasteiger partial charge in [0.05, 0.1) is 11.3 Å². The van der Waals surface area contributed by atoms with Gasteiger partial charge in [0.15, 0.2) is 5.82 Å². The van der Waals surface area contributed by atoms with Gasteiger partial charge in [0.2, 0.25) is 0 Å². The molecule has 106 valence electrons. The first-order valence-corrected chi connectivity index (χ1v) is 6.69. The van der Waals surface area contributed by atoms with Crippen LogP contribution in [-0.4, -0.2) is 25.8 Å². The summed E-state index contributed by atoms with van der Waals surface area (Å²) in [6.45, 7) is 8.10. The fourth-order valence-corrected chi connectivity index (χ4v) is 1.85. The van der Waals surface area contributed by atoms with Gasteiger partial charge in [-0.3, -0.25) is 0 Å². The van der Waals surface area contributed by atoms with Gasteiger partial charge in [-0.15, -0.1) is 0 Å². The molecule has 0 saturated heterocycles. The van der Waals surface area contributed by atoms with E-state index in [0.717, 1.165) is 11.4 Å². The van der Waals surface area contributed by atoms with Crippen molar-refractivity contribution >= 4 is 5.97 Å². The summed E-state index contributed by atoms with van der Waals surface area (Å²) in [6, 6.07) is 5.09. The van der Waals surface area contributed by atoms with Crippen LogP contribution in [0, 0.1) is 0 Å². The molecule has 0 spiro atoms. The lowest BCUT2D eigenvalue weighted by atomic mass is 10.1. The molecule has 20 heavy (non-hydrogen) atoms. The third-order valence-corrected chi connectivity index (χ3v) is 3.11. The molecule has 0 aliphatic heterocycles. The number of rotatable bonds is 4. The number of carboxylic acids is 1. The summed E-state index contributed by atoms with van der Waals surface area (Å²) < 4.78 is 1.63. The van der Waals surface area contributed by atoms with Crippen LogP contribution in [0.3, 0.4) is 0 Å². The Morgan fingerprint density at radius 2 is 1.80 bits per heavy atom. The van der Waals surface area contributed by atoms with Crippen molar-refractivity contribution in [2.45, 2.75) is 39.5 Å². The molecular weight excluding hydrogens is 254 g/mol. The molecule has 0 aliphatic carbocycles. The molecule has 5 heteroatoms. The Labute approximate surface area is 118 Å². The Morgan fingerprint density at radius 3 is 2.30 bits per heavy atom. The van der Waals surface area contributed by atoms with Gasteiger partial charge in [0.25, 0.3) is 0 Å². The van der Waals surface area contributed by atoms with Crippen LogP contribution in [0.4, 0.5) is 0 Å². The number of aromatic nitrogens is 3. The molecule has 2 aromatic rings. The molecule has 0 radical (unpaired) electrons. The van der Waals surface area contributed by atoms with Gasteiger partial charge in [-0.2, -0.15) is 5.10 Å². The standard InChI is InChI=1S/C15H19N3O2/c1-9(2)12-5-6-18(17-12)14-8-11(15(19)20)7-13(16-14)10(3)4/h5-10H,1-4H3,(H,19,20). The third kappa shape index (κ3) is 2.87. The molecular formula is C15H19N3O2. The molecule has 2 heterocycles. The smallest absolute Gasteiger partial charge is 0.335 e. The van der Waals surface area contributed by atoms with Crippen LogP contribution in [0.25, 0.3) is 5.82 Å². The van der Waals surface area contributed by atoms with E-state index in [2.05, 4.69) is 23.9 Å². The summed E-state index contributed by atoms with van der Waals surface area (Å²) in [7, 11) is 0. The molecule has 2 aromatic heterocycles. The number of pyridine rings is 1. The van der Waals surface area contributed by atoms with Gasteiger partial charge in [-0.05, 0) is 30.0 Å². The van der Waals surface area contributed by atoms with Crippen molar-refractivity contribution < 1.29 is 9.90 Å². The van der Waals surface area contributed by atoms with Crippen molar-refractivity contribution in [2.75, 3.05) is 0 Å². The lowest BCUT2D eigenvalue weighted by Crippen LogP contribution is -2.07. The summed E-state index contributed by atoms with van der Waals surface area (Å²) in [6.07, 6.45) is 1.81. The average Bonchev–Trinajstić information content (AvgIpc) is 2.87. The van der Waals surface area contributed by atoms with E-state index in [0.29, 0.717) is 11.7 Å². The quantitative estimate of drug-likeness (QED) is 0.928. The van der Waals surface area contributed by atoms with E-state index in [-0.39, 0.29) is 11.5 Å². The van der Waals surface area contributed by atoms with Crippen LogP contribution >= 0.6 is 0 Å². The van der Waals surface area contributed by atoms with Crippen LogP contribution in [0.5, 0.6) is 0 Å². The lowest BCUT2D eigenvalue weighted by Gasteiger charge is -2.09. The maximum atomic E-state index is 11.2. The molecule has 0 fully saturated rings. The van der Waals surface area contributed by atoms with Crippen molar-refractivity contribution in [3.05, 3.63) is 41.3 Å². The van der Waals surface area contributed by atoms with Crippen LogP contribution < -0.4 is 0 Å². The largest absolute Gasteiger partial charge is 0.478 e. The third-order valence-electron chi connectivity index (χ3n) is 3.11. The predicted octanol–water partition coefficient (Wildman–Crippen LogP) is 3.21. The molecule has 1 N–H and O–H groups in total. The second-order valence-electron chi connectivity index (χ2n) is 5.44. The van der Waals surface area contributed by atoms with Crippen molar-refractivity contribution in [3.63, 3.8) is 0 Å². The second-order valence-corrected chi connectivity index (χ2v) is 5.44. The summed E-state index contributed by atoms with van der Waals surface area (Å²) in [5, 5.41) is 13.6. The average molecular weight is 273 g/mol. The van der Waals surface area contributed by atoms with Gasteiger partial charge in [0.1, 0.15) is 0 Å². The van der Waals surface area contributed by atoms with E-state index in [4.69, 9.17) is 0 Å². The highest BCUT2D eigenvalue weighted by Gasteiger charge is 2.13. The minimum absolute atomic E-state index is 0.160. The molecule has 2 rings (SSSR count). The monoisotopic (exact) mass is 273 g/mol. The van der Waals surface area contributed by atoms with Crippen LogP contribution in [-0.2, 0) is 0 Å². The fraction of sp³-hybridized carbons (Fsp3) is 0.400. The zero-order chi connectivity index (χ0) is 14.9. The molecule has 0 bridgehead atoms. The van der Waals surface area contributed by atoms with Crippen molar-refractivity contribution in [3.8, 4) is 5.82 Å². The van der Waals surface area contributed by atoms with E-state index in [9.17, 15) is 9.90 Å². The van der Waals surface area contributed by atoms with Crippen molar-refractivity contribution in [1.29, 1.82) is 0 Å². The molecule has 0 aromatic carbocycles. The first-order valence-electron chi connectivity index (χ1n) is 6.69. The van der Waals surface area contributed by atoms with Gasteiger partial charge in [-0.1, -0.05) is 27.7 Å². The summed E-state index contributed by atoms with van der Waals surface area (Å²) in [5.74, 6) is 0.0731. The minimum Gasteiger partial charge on any atom is -0.478 e. The number of carboxylic acid groups (broad SMARTS) is 1. The van der Waals surface area contributed by atoms with E-state index >= 15 is 0 Å². The number of carbonyl (C=O) groups is 1. The van der Waals surface area contributed by atoms with E-state index in [1.807, 2.05) is 26.1 Å². The van der Waals surface area contributed by atoms with Crippen LogP contribution in [0.15, 0.2) is 24.4 Å². The zero-order valence-corrected chi connectivity index (χ0v) is 12.2. The second kappa shape index (κ2) is 5.45. The SMILES string of the molecule is CC(C)c1cc(C(=O)O)cc(-n2ccc(C(C)C)n2)n1. The molecule has 0 aliphatic rings. The topological polar surface area (TPSA) is 68.0 Å². The highest BCUT2D eigenvalue weighted by atomic mass is 16.4. The first kappa shape index (κ1) is 14.2. The maximum Gasteiger partial charge on any atom is 0.335 e. The Balaban J connectivity index is 2.51. The Kier molecular flexibility index (Phi) is 3.88. The van der Waals surface area contributed by atoms with Gasteiger partial charge in [-0.25, -0.2) is 14.5 Å². The fourth-order valence-electron chi connectivity index (χ4n) is 1.85. The highest BCUT2D eigenvalue weighted by molar-refractivity contribution is 5.88. The number of nitrogens with zero attached hydrogens (tertiary/aromatic N) is 3. The minimum atomic E-state index is -0.952. The normalized spacial score (nSPS) is 11.3. The summed E-state index contributed by atoms with van der Waals surface area (Å²) in [4.78, 5) is 15.7. The van der Waals surface area contributed by atoms with E-state index in [1.54, 1.807) is 16.8 Å². The zero-order valence-electron chi connectivity index (χ0n) is 12.2. The molecule has 0 atom stereocenters. The Hall–Kier alpha value is -2.17. The van der Waals surface area contributed by atoms with E-state index in [1.165, 1.54) is 0 Å². The predicted molar refractivity (Wildman–Crippen MR) is 76.5 cm³/mol. The highest BCUT2D eigenvalue weighted by Crippen LogP contribution is 2.18. The Bertz CT molecular complexity index is 630. The van der Waals surface area contributed by atoms with Gasteiger partial charge in [0, 0.05) is 11.9 Å². The Morgan fingerprint density at radius 1 is 1.15 bits per heavy atom. The lowest BCUT2D eigenvalue weighted by molar-refractivity contribution is 0.0696. The number of aromatic carboxylic acids is 1. The first-order chi connectivity index (χ1) is 9.38. The number of hydrogen-bond acceptors (Lipinski definition) is 3. The van der Waals surface area contributed by atoms with Crippen LogP contribution in [0.2, 0.25) is 0 Å². The van der Waals surface area contributed by atoms with Crippen molar-refractivity contribution in [2.24, 2.45) is 0 Å². The van der Waals surface area contributed by atoms with E-state index < -0.39 is 5.97 Å². The molecule has 0 unspecified atom stereocenters. The number of hydrogen-bond donors (Lipinski definition) is 1. The van der Waals surface area contributed by atoms with Crippen LogP contribution in [0.1, 0.15) is 61.3 Å². The van der Waals surface area contributed by atoms with Gasteiger partial charge >= 0.3 is 5.97 Å². The van der Waals surface area contributed by atoms with Gasteiger partial charge < -0.3 is 5.11 Å². The summed E-state index contributed by atoms with van der Waals surface area (Å²) >= 11 is 0. The maximum absolute atomic E-state index is 11.2.